The second-order valence-corrected chi connectivity index (χ2v) is 4.43. The fraction of sp³-hybridized carbons (Fsp3) is 0.571. The number of nitrogens with one attached hydrogen (secondary N) is 1. The summed E-state index contributed by atoms with van der Waals surface area (Å²) in [4.78, 5) is 0. The first-order chi connectivity index (χ1) is 9.53. The zero-order valence-electron chi connectivity index (χ0n) is 11.5. The molecule has 1 aromatic rings. The van der Waals surface area contributed by atoms with Crippen LogP contribution in [0.2, 0.25) is 0 Å². The van der Waals surface area contributed by atoms with E-state index in [-0.39, 0.29) is 12.5 Å². The number of hydrogen-bond donors (Lipinski definition) is 1. The van der Waals surface area contributed by atoms with Gasteiger partial charge in [0.05, 0.1) is 13.2 Å². The first kappa shape index (κ1) is 16.9. The Kier molecular flexibility index (Phi) is 7.58. The minimum Gasteiger partial charge on any atom is -0.383 e. The van der Waals surface area contributed by atoms with Crippen molar-refractivity contribution in [3.63, 3.8) is 0 Å². The first-order valence-corrected chi connectivity index (χ1v) is 6.42. The zero-order chi connectivity index (χ0) is 14.8. The number of hydrogen-bond acceptors (Lipinski definition) is 3. The van der Waals surface area contributed by atoms with E-state index < -0.39 is 12.8 Å². The molecule has 6 heteroatoms. The molecule has 0 aliphatic heterocycles. The Labute approximate surface area is 117 Å². The van der Waals surface area contributed by atoms with Crippen LogP contribution in [-0.2, 0) is 9.47 Å². The van der Waals surface area contributed by atoms with E-state index in [1.54, 1.807) is 7.11 Å². The van der Waals surface area contributed by atoms with Crippen molar-refractivity contribution in [2.24, 2.45) is 0 Å². The summed E-state index contributed by atoms with van der Waals surface area (Å²) in [5.41, 5.74) is 0.958. The van der Waals surface area contributed by atoms with Crippen molar-refractivity contribution in [2.45, 2.75) is 12.1 Å². The van der Waals surface area contributed by atoms with E-state index in [2.05, 4.69) is 5.32 Å². The minimum atomic E-state index is -4.29. The second-order valence-electron chi connectivity index (χ2n) is 4.43. The van der Waals surface area contributed by atoms with Gasteiger partial charge in [-0.3, -0.25) is 0 Å². The van der Waals surface area contributed by atoms with Crippen LogP contribution in [-0.4, -0.2) is 46.2 Å². The summed E-state index contributed by atoms with van der Waals surface area (Å²) in [6, 6.07) is 9.37. The molecule has 0 heterocycles. The third kappa shape index (κ3) is 7.47. The minimum absolute atomic E-state index is 0.0313. The Morgan fingerprint density at radius 2 is 1.90 bits per heavy atom. The van der Waals surface area contributed by atoms with Crippen LogP contribution in [0.5, 0.6) is 0 Å². The van der Waals surface area contributed by atoms with E-state index >= 15 is 0 Å². The zero-order valence-corrected chi connectivity index (χ0v) is 11.5. The lowest BCUT2D eigenvalue weighted by molar-refractivity contribution is -0.174. The second kappa shape index (κ2) is 8.94. The van der Waals surface area contributed by atoms with Crippen LogP contribution in [0.4, 0.5) is 13.2 Å². The topological polar surface area (TPSA) is 30.5 Å². The summed E-state index contributed by atoms with van der Waals surface area (Å²) >= 11 is 0. The number of halogens is 3. The number of methoxy groups -OCH3 is 1. The molecule has 1 atom stereocenters. The molecule has 1 rings (SSSR count). The van der Waals surface area contributed by atoms with E-state index in [9.17, 15) is 13.2 Å². The Bertz CT molecular complexity index is 357. The molecule has 1 unspecified atom stereocenters. The molecule has 0 spiro atoms. The van der Waals surface area contributed by atoms with Gasteiger partial charge in [-0.2, -0.15) is 13.2 Å². The molecule has 0 radical (unpaired) electrons. The summed E-state index contributed by atoms with van der Waals surface area (Å²) in [5.74, 6) is -0.115. The van der Waals surface area contributed by atoms with E-state index in [4.69, 9.17) is 9.47 Å². The lowest BCUT2D eigenvalue weighted by atomic mass is 10.00. The quantitative estimate of drug-likeness (QED) is 0.709. The highest BCUT2D eigenvalue weighted by Gasteiger charge is 2.28. The monoisotopic (exact) mass is 291 g/mol. The molecule has 3 nitrogen and oxygen atoms in total. The predicted molar refractivity (Wildman–Crippen MR) is 70.8 cm³/mol. The molecule has 0 aromatic heterocycles. The molecule has 0 bridgehead atoms. The highest BCUT2D eigenvalue weighted by Crippen LogP contribution is 2.18. The Hall–Kier alpha value is -1.11. The third-order valence-electron chi connectivity index (χ3n) is 2.73. The molecule has 0 aliphatic rings. The molecular weight excluding hydrogens is 271 g/mol. The van der Waals surface area contributed by atoms with Gasteiger partial charge in [-0.25, -0.2) is 0 Å². The largest absolute Gasteiger partial charge is 0.411 e. The molecule has 0 amide bonds. The van der Waals surface area contributed by atoms with Gasteiger partial charge in [-0.15, -0.1) is 0 Å². The van der Waals surface area contributed by atoms with E-state index in [1.807, 2.05) is 30.3 Å². The molecule has 0 saturated heterocycles. The molecule has 1 aromatic carbocycles. The fourth-order valence-corrected chi connectivity index (χ4v) is 1.77. The maximum Gasteiger partial charge on any atom is 0.411 e. The van der Waals surface area contributed by atoms with Crippen LogP contribution in [0.3, 0.4) is 0 Å². The van der Waals surface area contributed by atoms with Gasteiger partial charge in [0.2, 0.25) is 0 Å². The Balaban J connectivity index is 2.47. The predicted octanol–water partition coefficient (Wildman–Crippen LogP) is 2.59. The highest BCUT2D eigenvalue weighted by molar-refractivity contribution is 5.19. The van der Waals surface area contributed by atoms with Crippen molar-refractivity contribution >= 4 is 0 Å². The Morgan fingerprint density at radius 3 is 2.50 bits per heavy atom. The van der Waals surface area contributed by atoms with Crippen LogP contribution in [0.1, 0.15) is 11.5 Å². The number of benzene rings is 1. The van der Waals surface area contributed by atoms with Crippen LogP contribution in [0, 0.1) is 0 Å². The summed E-state index contributed by atoms with van der Waals surface area (Å²) in [6.07, 6.45) is -4.29. The van der Waals surface area contributed by atoms with Crippen LogP contribution in [0.25, 0.3) is 0 Å². The highest BCUT2D eigenvalue weighted by atomic mass is 19.4. The molecule has 114 valence electrons. The summed E-state index contributed by atoms with van der Waals surface area (Å²) < 4.78 is 46.0. The smallest absolute Gasteiger partial charge is 0.383 e. The molecular formula is C14H20F3NO2. The van der Waals surface area contributed by atoms with Crippen molar-refractivity contribution in [2.75, 3.05) is 40.0 Å². The maximum absolute atomic E-state index is 12.1. The standard InChI is InChI=1S/C14H20F3NO2/c1-19-8-7-18-9-13(10-20-11-14(15,16)17)12-5-3-2-4-6-12/h2-6,13,18H,7-11H2,1H3. The van der Waals surface area contributed by atoms with Crippen molar-refractivity contribution < 1.29 is 22.6 Å². The van der Waals surface area contributed by atoms with Gasteiger partial charge >= 0.3 is 6.18 Å². The van der Waals surface area contributed by atoms with E-state index in [0.29, 0.717) is 19.7 Å². The average molecular weight is 291 g/mol. The van der Waals surface area contributed by atoms with Crippen LogP contribution < -0.4 is 5.32 Å². The van der Waals surface area contributed by atoms with Gasteiger partial charge in [0.15, 0.2) is 0 Å². The third-order valence-corrected chi connectivity index (χ3v) is 2.73. The normalized spacial score (nSPS) is 13.4. The van der Waals surface area contributed by atoms with Gasteiger partial charge in [0, 0.05) is 26.1 Å². The fourth-order valence-electron chi connectivity index (χ4n) is 1.77. The number of rotatable bonds is 9. The van der Waals surface area contributed by atoms with Crippen molar-refractivity contribution in [1.82, 2.24) is 5.32 Å². The first-order valence-electron chi connectivity index (χ1n) is 6.42. The number of ether oxygens (including phenoxy) is 2. The van der Waals surface area contributed by atoms with Crippen molar-refractivity contribution in [3.05, 3.63) is 35.9 Å². The Morgan fingerprint density at radius 1 is 1.20 bits per heavy atom. The summed E-state index contributed by atoms with van der Waals surface area (Å²) in [7, 11) is 1.60. The van der Waals surface area contributed by atoms with Gasteiger partial charge in [-0.1, -0.05) is 30.3 Å². The number of alkyl halides is 3. The van der Waals surface area contributed by atoms with Crippen LogP contribution in [0.15, 0.2) is 30.3 Å². The summed E-state index contributed by atoms with van der Waals surface area (Å²) in [5, 5.41) is 3.15. The van der Waals surface area contributed by atoms with Crippen LogP contribution >= 0.6 is 0 Å². The molecule has 0 aliphatic carbocycles. The summed E-state index contributed by atoms with van der Waals surface area (Å²) in [6.45, 7) is 0.577. The van der Waals surface area contributed by atoms with Crippen molar-refractivity contribution in [3.8, 4) is 0 Å². The lowest BCUT2D eigenvalue weighted by Gasteiger charge is -2.19. The lowest BCUT2D eigenvalue weighted by Crippen LogP contribution is -2.28. The molecule has 1 N–H and O–H groups in total. The maximum atomic E-state index is 12.1. The van der Waals surface area contributed by atoms with Gasteiger partial charge < -0.3 is 14.8 Å². The molecule has 20 heavy (non-hydrogen) atoms. The van der Waals surface area contributed by atoms with E-state index in [1.165, 1.54) is 0 Å². The van der Waals surface area contributed by atoms with Gasteiger partial charge in [0.25, 0.3) is 0 Å². The van der Waals surface area contributed by atoms with Gasteiger partial charge in [-0.05, 0) is 5.56 Å². The molecule has 0 saturated carbocycles. The van der Waals surface area contributed by atoms with Crippen molar-refractivity contribution in [1.29, 1.82) is 0 Å². The SMILES string of the molecule is COCCNCC(COCC(F)(F)F)c1ccccc1. The molecule has 0 fully saturated rings. The average Bonchev–Trinajstić information content (AvgIpc) is 2.41. The van der Waals surface area contributed by atoms with Gasteiger partial charge in [0.1, 0.15) is 6.61 Å². The van der Waals surface area contributed by atoms with E-state index in [0.717, 1.165) is 5.56 Å².